The standard InChI is InChI=1S/C43H28BrN/c44-40-21-11-8-17-33(40)29-23-25-37-36-19-9-12-22-41(36)45(42(37)27-29)32-24-26-35-34-18-7-10-20-38(34)43(39(35)28-32,30-13-3-1-4-14-30)31-15-5-2-6-16-31/h1-28H. The summed E-state index contributed by atoms with van der Waals surface area (Å²) < 4.78 is 3.55. The molecule has 1 nitrogen and oxygen atoms in total. The van der Waals surface area contributed by atoms with Crippen LogP contribution < -0.4 is 0 Å². The molecule has 0 fully saturated rings. The van der Waals surface area contributed by atoms with Crippen LogP contribution in [0.5, 0.6) is 0 Å². The molecule has 212 valence electrons. The van der Waals surface area contributed by atoms with Crippen LogP contribution in [0.2, 0.25) is 0 Å². The average molecular weight is 639 g/mol. The van der Waals surface area contributed by atoms with Crippen LogP contribution in [0.4, 0.5) is 0 Å². The molecule has 0 N–H and O–H groups in total. The topological polar surface area (TPSA) is 4.93 Å². The van der Waals surface area contributed by atoms with Gasteiger partial charge < -0.3 is 4.57 Å². The first kappa shape index (κ1) is 26.2. The zero-order valence-corrected chi connectivity index (χ0v) is 26.1. The third-order valence-electron chi connectivity index (χ3n) is 9.56. The van der Waals surface area contributed by atoms with Gasteiger partial charge in [-0.05, 0) is 74.8 Å². The summed E-state index contributed by atoms with van der Waals surface area (Å²) in [5.74, 6) is 0. The number of aromatic nitrogens is 1. The molecule has 0 saturated carbocycles. The Hall–Kier alpha value is -5.18. The summed E-state index contributed by atoms with van der Waals surface area (Å²) >= 11 is 3.79. The maximum atomic E-state index is 3.79. The second-order valence-corrected chi connectivity index (χ2v) is 12.7. The Morgan fingerprint density at radius 1 is 0.422 bits per heavy atom. The predicted octanol–water partition coefficient (Wildman–Crippen LogP) is 11.6. The number of halogens is 1. The van der Waals surface area contributed by atoms with E-state index in [0.717, 1.165) is 10.2 Å². The molecule has 7 aromatic carbocycles. The van der Waals surface area contributed by atoms with E-state index in [1.807, 2.05) is 0 Å². The fourth-order valence-corrected chi connectivity index (χ4v) is 8.20. The maximum absolute atomic E-state index is 3.79. The SMILES string of the molecule is Brc1ccccc1-c1ccc2c3ccccc3n(-c3ccc4c(c3)C(c3ccccc3)(c3ccccc3)c3ccccc3-4)c2c1. The summed E-state index contributed by atoms with van der Waals surface area (Å²) in [4.78, 5) is 0. The third-order valence-corrected chi connectivity index (χ3v) is 10.3. The van der Waals surface area contributed by atoms with Crippen LogP contribution in [-0.4, -0.2) is 4.57 Å². The van der Waals surface area contributed by atoms with E-state index in [0.29, 0.717) is 0 Å². The second kappa shape index (κ2) is 10.2. The Labute approximate surface area is 271 Å². The van der Waals surface area contributed by atoms with Gasteiger partial charge in [0.2, 0.25) is 0 Å². The minimum absolute atomic E-state index is 0.441. The fourth-order valence-electron chi connectivity index (χ4n) is 7.68. The molecule has 9 rings (SSSR count). The predicted molar refractivity (Wildman–Crippen MR) is 191 cm³/mol. The number of fused-ring (bicyclic) bond motifs is 6. The minimum Gasteiger partial charge on any atom is -0.309 e. The molecule has 0 amide bonds. The highest BCUT2D eigenvalue weighted by Gasteiger charge is 2.46. The molecule has 2 heteroatoms. The molecule has 1 aromatic heterocycles. The summed E-state index contributed by atoms with van der Waals surface area (Å²) in [5, 5.41) is 2.51. The summed E-state index contributed by atoms with van der Waals surface area (Å²) in [5.41, 5.74) is 13.3. The van der Waals surface area contributed by atoms with E-state index >= 15 is 0 Å². The molecule has 8 aromatic rings. The van der Waals surface area contributed by atoms with Crippen molar-refractivity contribution in [1.82, 2.24) is 4.57 Å². The lowest BCUT2D eigenvalue weighted by molar-refractivity contribution is 0.767. The van der Waals surface area contributed by atoms with Crippen molar-refractivity contribution in [3.8, 4) is 27.9 Å². The average Bonchev–Trinajstić information content (AvgIpc) is 3.59. The summed E-state index contributed by atoms with van der Waals surface area (Å²) in [6.07, 6.45) is 0. The number of hydrogen-bond donors (Lipinski definition) is 0. The van der Waals surface area contributed by atoms with E-state index in [1.165, 1.54) is 66.3 Å². The zero-order valence-electron chi connectivity index (χ0n) is 24.5. The fraction of sp³-hybridized carbons (Fsp3) is 0.0233. The van der Waals surface area contributed by atoms with Crippen molar-refractivity contribution in [2.45, 2.75) is 5.41 Å². The monoisotopic (exact) mass is 637 g/mol. The van der Waals surface area contributed by atoms with Gasteiger partial charge in [-0.3, -0.25) is 0 Å². The van der Waals surface area contributed by atoms with Gasteiger partial charge in [-0.2, -0.15) is 0 Å². The second-order valence-electron chi connectivity index (χ2n) is 11.8. The molecule has 0 saturated heterocycles. The Morgan fingerprint density at radius 3 is 1.78 bits per heavy atom. The Morgan fingerprint density at radius 2 is 1.02 bits per heavy atom. The molecule has 0 bridgehead atoms. The molecule has 45 heavy (non-hydrogen) atoms. The number of hydrogen-bond acceptors (Lipinski definition) is 0. The van der Waals surface area contributed by atoms with Crippen molar-refractivity contribution in [2.24, 2.45) is 0 Å². The zero-order chi connectivity index (χ0) is 30.0. The lowest BCUT2D eigenvalue weighted by atomic mass is 9.67. The van der Waals surface area contributed by atoms with Crippen LogP contribution in [0.25, 0.3) is 49.7 Å². The van der Waals surface area contributed by atoms with Gasteiger partial charge in [0, 0.05) is 20.9 Å². The normalized spacial score (nSPS) is 13.2. The van der Waals surface area contributed by atoms with Gasteiger partial charge in [0.25, 0.3) is 0 Å². The van der Waals surface area contributed by atoms with E-state index in [-0.39, 0.29) is 0 Å². The van der Waals surface area contributed by atoms with E-state index in [1.54, 1.807) is 0 Å². The molecule has 0 radical (unpaired) electrons. The minimum atomic E-state index is -0.441. The molecule has 1 heterocycles. The summed E-state index contributed by atoms with van der Waals surface area (Å²) in [6, 6.07) is 62.2. The molecular weight excluding hydrogens is 610 g/mol. The molecule has 0 atom stereocenters. The van der Waals surface area contributed by atoms with Crippen molar-refractivity contribution in [1.29, 1.82) is 0 Å². The Bertz CT molecular complexity index is 2340. The lowest BCUT2D eigenvalue weighted by Gasteiger charge is -2.34. The van der Waals surface area contributed by atoms with Crippen LogP contribution in [-0.2, 0) is 5.41 Å². The van der Waals surface area contributed by atoms with E-state index < -0.39 is 5.41 Å². The Kier molecular flexibility index (Phi) is 5.94. The first-order valence-corrected chi connectivity index (χ1v) is 16.2. The third kappa shape index (κ3) is 3.79. The first-order chi connectivity index (χ1) is 22.2. The highest BCUT2D eigenvalue weighted by atomic mass is 79.9. The van der Waals surface area contributed by atoms with Gasteiger partial charge in [0.05, 0.1) is 16.4 Å². The highest BCUT2D eigenvalue weighted by Crippen LogP contribution is 2.56. The van der Waals surface area contributed by atoms with Crippen LogP contribution in [0, 0.1) is 0 Å². The van der Waals surface area contributed by atoms with E-state index in [9.17, 15) is 0 Å². The van der Waals surface area contributed by atoms with Crippen LogP contribution in [0.1, 0.15) is 22.3 Å². The molecule has 1 aliphatic rings. The summed E-state index contributed by atoms with van der Waals surface area (Å²) in [7, 11) is 0. The molecule has 1 aliphatic carbocycles. The Balaban J connectivity index is 1.37. The van der Waals surface area contributed by atoms with Crippen molar-refractivity contribution in [3.63, 3.8) is 0 Å². The van der Waals surface area contributed by atoms with Gasteiger partial charge in [0.15, 0.2) is 0 Å². The van der Waals surface area contributed by atoms with Gasteiger partial charge in [-0.15, -0.1) is 0 Å². The van der Waals surface area contributed by atoms with Gasteiger partial charge >= 0.3 is 0 Å². The molecule has 0 spiro atoms. The molecular formula is C43H28BrN. The molecule has 0 unspecified atom stereocenters. The van der Waals surface area contributed by atoms with E-state index in [4.69, 9.17) is 0 Å². The van der Waals surface area contributed by atoms with Crippen molar-refractivity contribution in [2.75, 3.05) is 0 Å². The quantitative estimate of drug-likeness (QED) is 0.181. The van der Waals surface area contributed by atoms with E-state index in [2.05, 4.69) is 190 Å². The number of nitrogens with zero attached hydrogens (tertiary/aromatic N) is 1. The van der Waals surface area contributed by atoms with Crippen molar-refractivity contribution < 1.29 is 0 Å². The van der Waals surface area contributed by atoms with Crippen LogP contribution >= 0.6 is 15.9 Å². The largest absolute Gasteiger partial charge is 0.309 e. The van der Waals surface area contributed by atoms with Crippen LogP contribution in [0.15, 0.2) is 174 Å². The first-order valence-electron chi connectivity index (χ1n) is 15.4. The highest BCUT2D eigenvalue weighted by molar-refractivity contribution is 9.10. The van der Waals surface area contributed by atoms with Gasteiger partial charge in [-0.1, -0.05) is 155 Å². The van der Waals surface area contributed by atoms with Gasteiger partial charge in [-0.25, -0.2) is 0 Å². The van der Waals surface area contributed by atoms with Gasteiger partial charge in [0.1, 0.15) is 0 Å². The van der Waals surface area contributed by atoms with Crippen molar-refractivity contribution >= 4 is 37.7 Å². The van der Waals surface area contributed by atoms with Crippen LogP contribution in [0.3, 0.4) is 0 Å². The maximum Gasteiger partial charge on any atom is 0.0714 e. The number of rotatable bonds is 4. The summed E-state index contributed by atoms with van der Waals surface area (Å²) in [6.45, 7) is 0. The molecule has 0 aliphatic heterocycles. The smallest absolute Gasteiger partial charge is 0.0714 e. The number of benzene rings is 7. The van der Waals surface area contributed by atoms with Crippen molar-refractivity contribution in [3.05, 3.63) is 197 Å². The lowest BCUT2D eigenvalue weighted by Crippen LogP contribution is -2.28. The number of para-hydroxylation sites is 1.